The van der Waals surface area contributed by atoms with Gasteiger partial charge in [-0.2, -0.15) is 0 Å². The molecular formula is C7H11N3S. The number of hydrogen-bond acceptors (Lipinski definition) is 3. The van der Waals surface area contributed by atoms with Crippen LogP contribution in [0.25, 0.3) is 0 Å². The Morgan fingerprint density at radius 3 is 3.00 bits per heavy atom. The normalized spacial score (nSPS) is 9.64. The summed E-state index contributed by atoms with van der Waals surface area (Å²) in [6.07, 6.45) is 0. The number of aryl methyl sites for hydroxylation is 1. The molecule has 0 amide bonds. The lowest BCUT2D eigenvalue weighted by Gasteiger charge is -2.01. The molecule has 0 unspecified atom stereocenters. The largest absolute Gasteiger partial charge is 0.370 e. The Bertz CT molecular complexity index is 292. The number of aromatic nitrogens is 2. The van der Waals surface area contributed by atoms with Crippen molar-refractivity contribution in [2.45, 2.75) is 13.8 Å². The third kappa shape index (κ3) is 2.31. The van der Waals surface area contributed by atoms with Gasteiger partial charge in [-0.1, -0.05) is 0 Å². The van der Waals surface area contributed by atoms with E-state index >= 15 is 0 Å². The number of aromatic amines is 1. The molecule has 0 aromatic carbocycles. The Kier molecular flexibility index (Phi) is 2.59. The predicted molar refractivity (Wildman–Crippen MR) is 48.3 cm³/mol. The summed E-state index contributed by atoms with van der Waals surface area (Å²) in [5, 5.41) is 3.09. The molecule has 0 atom stereocenters. The highest BCUT2D eigenvalue weighted by Crippen LogP contribution is 2.02. The van der Waals surface area contributed by atoms with Gasteiger partial charge in [0.05, 0.1) is 0 Å². The minimum Gasteiger partial charge on any atom is -0.370 e. The molecule has 0 aliphatic heterocycles. The first-order valence-electron chi connectivity index (χ1n) is 3.54. The number of H-pyrrole nitrogens is 1. The topological polar surface area (TPSA) is 40.7 Å². The van der Waals surface area contributed by atoms with E-state index in [1.54, 1.807) is 0 Å². The van der Waals surface area contributed by atoms with Crippen LogP contribution in [0.1, 0.15) is 12.6 Å². The second-order valence-corrected chi connectivity index (χ2v) is 2.67. The van der Waals surface area contributed by atoms with Crippen molar-refractivity contribution in [3.8, 4) is 0 Å². The molecule has 1 rings (SSSR count). The summed E-state index contributed by atoms with van der Waals surface area (Å²) in [5.41, 5.74) is 1.03. The van der Waals surface area contributed by atoms with Gasteiger partial charge in [-0.25, -0.2) is 4.98 Å². The first-order chi connectivity index (χ1) is 5.22. The first-order valence-corrected chi connectivity index (χ1v) is 3.95. The van der Waals surface area contributed by atoms with Gasteiger partial charge >= 0.3 is 0 Å². The van der Waals surface area contributed by atoms with Gasteiger partial charge in [-0.15, -0.1) is 0 Å². The van der Waals surface area contributed by atoms with Crippen LogP contribution in [0.3, 0.4) is 0 Å². The van der Waals surface area contributed by atoms with Gasteiger partial charge in [-0.05, 0) is 32.1 Å². The summed E-state index contributed by atoms with van der Waals surface area (Å²) < 4.78 is 0.529. The lowest BCUT2D eigenvalue weighted by atomic mass is 10.4. The Balaban J connectivity index is 2.99. The highest BCUT2D eigenvalue weighted by Gasteiger charge is 1.91. The lowest BCUT2D eigenvalue weighted by Crippen LogP contribution is -2.00. The molecule has 0 aliphatic carbocycles. The van der Waals surface area contributed by atoms with Gasteiger partial charge in [0.1, 0.15) is 5.82 Å². The Morgan fingerprint density at radius 1 is 1.73 bits per heavy atom. The fourth-order valence-electron chi connectivity index (χ4n) is 0.851. The molecule has 1 heterocycles. The third-order valence-electron chi connectivity index (χ3n) is 1.24. The van der Waals surface area contributed by atoms with E-state index in [2.05, 4.69) is 15.3 Å². The van der Waals surface area contributed by atoms with E-state index in [1.807, 2.05) is 19.9 Å². The molecule has 11 heavy (non-hydrogen) atoms. The monoisotopic (exact) mass is 169 g/mol. The molecule has 60 valence electrons. The van der Waals surface area contributed by atoms with Gasteiger partial charge in [0.2, 0.25) is 0 Å². The molecule has 4 heteroatoms. The van der Waals surface area contributed by atoms with Crippen molar-refractivity contribution in [1.29, 1.82) is 0 Å². The van der Waals surface area contributed by atoms with Crippen LogP contribution in [0.2, 0.25) is 0 Å². The minimum absolute atomic E-state index is 0.529. The summed E-state index contributed by atoms with van der Waals surface area (Å²) in [6, 6.07) is 1.93. The Labute approximate surface area is 70.9 Å². The van der Waals surface area contributed by atoms with Crippen molar-refractivity contribution in [3.63, 3.8) is 0 Å². The maximum absolute atomic E-state index is 4.89. The van der Waals surface area contributed by atoms with E-state index in [4.69, 9.17) is 12.2 Å². The quantitative estimate of drug-likeness (QED) is 0.664. The molecule has 0 bridgehead atoms. The maximum Gasteiger partial charge on any atom is 0.198 e. The van der Waals surface area contributed by atoms with Gasteiger partial charge in [-0.3, -0.25) is 0 Å². The van der Waals surface area contributed by atoms with Crippen LogP contribution >= 0.6 is 12.2 Å². The first kappa shape index (κ1) is 8.20. The van der Waals surface area contributed by atoms with E-state index in [0.717, 1.165) is 18.1 Å². The molecule has 0 fully saturated rings. The van der Waals surface area contributed by atoms with Crippen molar-refractivity contribution in [2.75, 3.05) is 11.9 Å². The smallest absolute Gasteiger partial charge is 0.198 e. The standard InChI is InChI=1S/C7H11N3S/c1-3-8-6-4-5(2)9-7(11)10-6/h4H,3H2,1-2H3,(H2,8,9,10,11). The van der Waals surface area contributed by atoms with Crippen molar-refractivity contribution in [1.82, 2.24) is 9.97 Å². The van der Waals surface area contributed by atoms with Crippen LogP contribution in [0.5, 0.6) is 0 Å². The van der Waals surface area contributed by atoms with Crippen LogP contribution in [-0.4, -0.2) is 16.5 Å². The fourth-order valence-corrected chi connectivity index (χ4v) is 1.11. The van der Waals surface area contributed by atoms with Gasteiger partial charge in [0, 0.05) is 12.2 Å². The van der Waals surface area contributed by atoms with E-state index in [9.17, 15) is 0 Å². The summed E-state index contributed by atoms with van der Waals surface area (Å²) in [5.74, 6) is 0.841. The number of hydrogen-bond donors (Lipinski definition) is 2. The number of nitrogens with one attached hydrogen (secondary N) is 2. The SMILES string of the molecule is CCNc1cc(C)[nH]c(=S)n1. The van der Waals surface area contributed by atoms with E-state index in [-0.39, 0.29) is 0 Å². The third-order valence-corrected chi connectivity index (χ3v) is 1.43. The van der Waals surface area contributed by atoms with Crippen LogP contribution in [0, 0.1) is 11.7 Å². The molecule has 2 N–H and O–H groups in total. The second-order valence-electron chi connectivity index (χ2n) is 2.28. The van der Waals surface area contributed by atoms with Crippen LogP contribution in [-0.2, 0) is 0 Å². The summed E-state index contributed by atoms with van der Waals surface area (Å²) in [6.45, 7) is 4.85. The molecule has 0 radical (unpaired) electrons. The second kappa shape index (κ2) is 3.48. The molecule has 3 nitrogen and oxygen atoms in total. The highest BCUT2D eigenvalue weighted by atomic mass is 32.1. The van der Waals surface area contributed by atoms with Crippen molar-refractivity contribution in [3.05, 3.63) is 16.5 Å². The summed E-state index contributed by atoms with van der Waals surface area (Å²) >= 11 is 4.89. The van der Waals surface area contributed by atoms with E-state index in [0.29, 0.717) is 4.77 Å². The summed E-state index contributed by atoms with van der Waals surface area (Å²) in [7, 11) is 0. The zero-order chi connectivity index (χ0) is 8.27. The lowest BCUT2D eigenvalue weighted by molar-refractivity contribution is 1.05. The van der Waals surface area contributed by atoms with Crippen LogP contribution in [0.4, 0.5) is 5.82 Å². The zero-order valence-corrected chi connectivity index (χ0v) is 7.46. The number of anilines is 1. The van der Waals surface area contributed by atoms with Crippen LogP contribution < -0.4 is 5.32 Å². The average molecular weight is 169 g/mol. The fraction of sp³-hybridized carbons (Fsp3) is 0.429. The van der Waals surface area contributed by atoms with Gasteiger partial charge in [0.25, 0.3) is 0 Å². The van der Waals surface area contributed by atoms with Crippen molar-refractivity contribution in [2.24, 2.45) is 0 Å². The van der Waals surface area contributed by atoms with E-state index in [1.165, 1.54) is 0 Å². The average Bonchev–Trinajstić information content (AvgIpc) is 1.85. The molecule has 1 aromatic heterocycles. The van der Waals surface area contributed by atoms with Crippen molar-refractivity contribution < 1.29 is 0 Å². The molecule has 1 aromatic rings. The van der Waals surface area contributed by atoms with Crippen LogP contribution in [0.15, 0.2) is 6.07 Å². The molecule has 0 aliphatic rings. The van der Waals surface area contributed by atoms with Crippen molar-refractivity contribution >= 4 is 18.0 Å². The van der Waals surface area contributed by atoms with E-state index < -0.39 is 0 Å². The Hall–Kier alpha value is -0.900. The molecule has 0 spiro atoms. The van der Waals surface area contributed by atoms with Gasteiger partial charge < -0.3 is 10.3 Å². The number of rotatable bonds is 2. The molecular weight excluding hydrogens is 158 g/mol. The highest BCUT2D eigenvalue weighted by molar-refractivity contribution is 7.71. The summed E-state index contributed by atoms with van der Waals surface area (Å²) in [4.78, 5) is 7.00. The molecule has 0 saturated carbocycles. The minimum atomic E-state index is 0.529. The Morgan fingerprint density at radius 2 is 2.45 bits per heavy atom. The zero-order valence-electron chi connectivity index (χ0n) is 6.64. The molecule has 0 saturated heterocycles. The predicted octanol–water partition coefficient (Wildman–Crippen LogP) is 1.88. The van der Waals surface area contributed by atoms with Gasteiger partial charge in [0.15, 0.2) is 4.77 Å². The number of nitrogens with zero attached hydrogens (tertiary/aromatic N) is 1. The maximum atomic E-state index is 4.89.